The van der Waals surface area contributed by atoms with Gasteiger partial charge in [0.25, 0.3) is 0 Å². The highest BCUT2D eigenvalue weighted by Crippen LogP contribution is 2.38. The van der Waals surface area contributed by atoms with Crippen LogP contribution >= 0.6 is 0 Å². The van der Waals surface area contributed by atoms with Crippen molar-refractivity contribution in [1.82, 2.24) is 23.9 Å². The van der Waals surface area contributed by atoms with Crippen LogP contribution in [0.2, 0.25) is 0 Å². The van der Waals surface area contributed by atoms with Crippen molar-refractivity contribution < 1.29 is 0 Å². The second-order valence-corrected chi connectivity index (χ2v) is 12.4. The van der Waals surface area contributed by atoms with Crippen LogP contribution in [-0.4, -0.2) is 23.9 Å². The molecule has 0 aliphatic carbocycles. The summed E-state index contributed by atoms with van der Waals surface area (Å²) < 4.78 is 6.81. The number of benzene rings is 7. The first kappa shape index (κ1) is 27.4. The summed E-state index contributed by atoms with van der Waals surface area (Å²) >= 11 is 0. The van der Waals surface area contributed by atoms with E-state index >= 15 is 0 Å². The lowest BCUT2D eigenvalue weighted by atomic mass is 10.0. The molecule has 5 heteroatoms. The van der Waals surface area contributed by atoms with Crippen LogP contribution < -0.4 is 0 Å². The summed E-state index contributed by atoms with van der Waals surface area (Å²) in [5, 5.41) is 15.5. The van der Waals surface area contributed by atoms with Crippen LogP contribution in [0.15, 0.2) is 176 Å². The van der Waals surface area contributed by atoms with E-state index in [0.717, 1.165) is 39.8 Å². The Morgan fingerprint density at radius 2 is 0.918 bits per heavy atom. The molecule has 0 spiro atoms. The van der Waals surface area contributed by atoms with Gasteiger partial charge in [0.2, 0.25) is 0 Å². The van der Waals surface area contributed by atoms with E-state index in [4.69, 9.17) is 0 Å². The molecule has 0 amide bonds. The molecule has 0 bridgehead atoms. The van der Waals surface area contributed by atoms with E-state index in [1.807, 2.05) is 36.4 Å². The van der Waals surface area contributed by atoms with E-state index in [0.29, 0.717) is 0 Å². The fourth-order valence-corrected chi connectivity index (χ4v) is 7.33. The molecule has 0 radical (unpaired) electrons. The van der Waals surface area contributed by atoms with Crippen LogP contribution in [-0.2, 0) is 0 Å². The highest BCUT2D eigenvalue weighted by Gasteiger charge is 2.19. The summed E-state index contributed by atoms with van der Waals surface area (Å²) in [4.78, 5) is 0. The smallest absolute Gasteiger partial charge is 0.168 e. The molecule has 0 atom stereocenters. The van der Waals surface area contributed by atoms with Crippen LogP contribution in [0.4, 0.5) is 0 Å². The quantitative estimate of drug-likeness (QED) is 0.190. The molecule has 0 fully saturated rings. The largest absolute Gasteiger partial charge is 0.317 e. The van der Waals surface area contributed by atoms with Crippen molar-refractivity contribution in [3.8, 4) is 39.8 Å². The molecule has 0 saturated heterocycles. The molecular weight excluding hydrogens is 599 g/mol. The number of hydrogen-bond acceptors (Lipinski definition) is 2. The molecule has 230 valence electrons. The van der Waals surface area contributed by atoms with Crippen LogP contribution in [0.1, 0.15) is 0 Å². The molecule has 0 unspecified atom stereocenters. The molecule has 10 rings (SSSR count). The lowest BCUT2D eigenvalue weighted by Crippen LogP contribution is -2.01. The van der Waals surface area contributed by atoms with Crippen LogP contribution in [0.5, 0.6) is 0 Å². The highest BCUT2D eigenvalue weighted by atomic mass is 15.3. The topological polar surface area (TPSA) is 40.6 Å². The fraction of sp³-hybridized carbons (Fsp3) is 0. The third-order valence-electron chi connectivity index (χ3n) is 9.61. The fourth-order valence-electron chi connectivity index (χ4n) is 7.33. The Kier molecular flexibility index (Phi) is 6.11. The van der Waals surface area contributed by atoms with Crippen LogP contribution in [0, 0.1) is 0 Å². The zero-order chi connectivity index (χ0) is 32.3. The monoisotopic (exact) mass is 627 g/mol. The minimum absolute atomic E-state index is 0.808. The third kappa shape index (κ3) is 4.33. The summed E-state index contributed by atoms with van der Waals surface area (Å²) in [5.74, 6) is 1.62. The van der Waals surface area contributed by atoms with E-state index in [2.05, 4.69) is 164 Å². The average molecular weight is 628 g/mol. The van der Waals surface area contributed by atoms with Gasteiger partial charge in [-0.2, -0.15) is 0 Å². The van der Waals surface area contributed by atoms with Gasteiger partial charge in [-0.3, -0.25) is 4.57 Å². The summed E-state index contributed by atoms with van der Waals surface area (Å²) in [6.07, 6.45) is 2.18. The second kappa shape index (κ2) is 10.9. The standard InChI is InChI=1S/C44H29N5/c1-4-12-30(13-5-1)43-45-46-44(31-14-6-2-7-15-31)49(43)35-23-21-34(22-24-35)48-41-19-11-10-18-36(41)39-29-38-32(28-42(39)48)20-25-40-37(38)26-27-47(40)33-16-8-3-9-17-33/h1-29H. The Balaban J connectivity index is 1.14. The first-order valence-electron chi connectivity index (χ1n) is 16.5. The van der Waals surface area contributed by atoms with Gasteiger partial charge in [-0.05, 0) is 77.5 Å². The zero-order valence-electron chi connectivity index (χ0n) is 26.5. The van der Waals surface area contributed by atoms with Gasteiger partial charge in [-0.15, -0.1) is 10.2 Å². The summed E-state index contributed by atoms with van der Waals surface area (Å²) in [5.41, 5.74) is 8.87. The SMILES string of the molecule is c1ccc(-c2nnc(-c3ccccc3)n2-c2ccc(-n3c4ccccc4c4cc5c(ccc6c5ccn6-c5ccccc5)cc43)cc2)cc1. The molecule has 3 aromatic heterocycles. The van der Waals surface area contributed by atoms with Crippen molar-refractivity contribution in [2.24, 2.45) is 0 Å². The van der Waals surface area contributed by atoms with E-state index in [9.17, 15) is 0 Å². The molecule has 0 N–H and O–H groups in total. The van der Waals surface area contributed by atoms with Crippen molar-refractivity contribution in [3.05, 3.63) is 176 Å². The Bertz CT molecular complexity index is 2730. The maximum Gasteiger partial charge on any atom is 0.168 e. The van der Waals surface area contributed by atoms with Gasteiger partial charge in [0.05, 0.1) is 16.6 Å². The van der Waals surface area contributed by atoms with Gasteiger partial charge in [0.15, 0.2) is 11.6 Å². The summed E-state index contributed by atoms with van der Waals surface area (Å²) in [6.45, 7) is 0. The van der Waals surface area contributed by atoms with Gasteiger partial charge in [0, 0.05) is 50.5 Å². The maximum absolute atomic E-state index is 4.67. The molecule has 7 aromatic carbocycles. The lowest BCUT2D eigenvalue weighted by molar-refractivity contribution is 1.07. The highest BCUT2D eigenvalue weighted by molar-refractivity contribution is 6.18. The predicted octanol–water partition coefficient (Wildman–Crippen LogP) is 10.8. The first-order chi connectivity index (χ1) is 24.3. The number of para-hydroxylation sites is 2. The second-order valence-electron chi connectivity index (χ2n) is 12.4. The van der Waals surface area contributed by atoms with Crippen molar-refractivity contribution in [3.63, 3.8) is 0 Å². The van der Waals surface area contributed by atoms with Crippen LogP contribution in [0.3, 0.4) is 0 Å². The predicted molar refractivity (Wildman–Crippen MR) is 201 cm³/mol. The number of aromatic nitrogens is 5. The maximum atomic E-state index is 4.67. The Morgan fingerprint density at radius 1 is 0.347 bits per heavy atom. The van der Waals surface area contributed by atoms with Gasteiger partial charge in [0.1, 0.15) is 0 Å². The summed E-state index contributed by atoms with van der Waals surface area (Å²) in [6, 6.07) is 60.0. The van der Waals surface area contributed by atoms with Gasteiger partial charge in [-0.1, -0.05) is 103 Å². The normalized spacial score (nSPS) is 11.7. The number of nitrogens with zero attached hydrogens (tertiary/aromatic N) is 5. The number of fused-ring (bicyclic) bond motifs is 6. The Labute approximate surface area is 282 Å². The molecule has 0 aliphatic heterocycles. The van der Waals surface area contributed by atoms with Gasteiger partial charge < -0.3 is 9.13 Å². The Hall–Kier alpha value is -6.72. The molecule has 5 nitrogen and oxygen atoms in total. The minimum atomic E-state index is 0.808. The summed E-state index contributed by atoms with van der Waals surface area (Å²) in [7, 11) is 0. The molecule has 3 heterocycles. The average Bonchev–Trinajstić information content (AvgIpc) is 3.90. The van der Waals surface area contributed by atoms with E-state index in [1.54, 1.807) is 0 Å². The number of hydrogen-bond donors (Lipinski definition) is 0. The van der Waals surface area contributed by atoms with Crippen molar-refractivity contribution >= 4 is 43.5 Å². The molecular formula is C44H29N5. The van der Waals surface area contributed by atoms with E-state index < -0.39 is 0 Å². The van der Waals surface area contributed by atoms with Crippen molar-refractivity contribution in [2.75, 3.05) is 0 Å². The van der Waals surface area contributed by atoms with Crippen LogP contribution in [0.25, 0.3) is 83.3 Å². The molecule has 0 aliphatic rings. The number of rotatable bonds is 5. The van der Waals surface area contributed by atoms with E-state index in [-0.39, 0.29) is 0 Å². The lowest BCUT2D eigenvalue weighted by Gasteiger charge is -2.13. The van der Waals surface area contributed by atoms with Gasteiger partial charge in [-0.25, -0.2) is 0 Å². The van der Waals surface area contributed by atoms with Crippen molar-refractivity contribution in [1.29, 1.82) is 0 Å². The molecule has 0 saturated carbocycles. The van der Waals surface area contributed by atoms with Crippen molar-refractivity contribution in [2.45, 2.75) is 0 Å². The third-order valence-corrected chi connectivity index (χ3v) is 9.61. The Morgan fingerprint density at radius 3 is 1.59 bits per heavy atom. The molecule has 49 heavy (non-hydrogen) atoms. The minimum Gasteiger partial charge on any atom is -0.317 e. The zero-order valence-corrected chi connectivity index (χ0v) is 26.5. The first-order valence-corrected chi connectivity index (χ1v) is 16.5. The van der Waals surface area contributed by atoms with Gasteiger partial charge >= 0.3 is 0 Å². The molecule has 10 aromatic rings. The van der Waals surface area contributed by atoms with E-state index in [1.165, 1.54) is 43.5 Å².